The molecule has 0 rings (SSSR count). The molecular weight excluding hydrogens is 260 g/mol. The van der Waals surface area contributed by atoms with Crippen LogP contribution in [0, 0.1) is 0 Å². The van der Waals surface area contributed by atoms with Crippen LogP contribution in [-0.4, -0.2) is 52.8 Å². The smallest absolute Gasteiger partial charge is 0.317 e. The summed E-state index contributed by atoms with van der Waals surface area (Å²) in [7, 11) is 0. The third-order valence-electron chi connectivity index (χ3n) is 2.80. The fourth-order valence-electron chi connectivity index (χ4n) is 1.77. The van der Waals surface area contributed by atoms with Gasteiger partial charge in [-0.25, -0.2) is 4.79 Å². The molecule has 0 unspecified atom stereocenters. The molecular formula is C14H28N2O4. The largest absolute Gasteiger partial charge is 0.481 e. The first-order valence-electron chi connectivity index (χ1n) is 6.91. The van der Waals surface area contributed by atoms with E-state index in [9.17, 15) is 9.59 Å². The SMILES string of the molecule is CCOC(C)(C)CNC(=O)N(CCC(=O)O)C(C)(C)C. The van der Waals surface area contributed by atoms with Crippen LogP contribution >= 0.6 is 0 Å². The van der Waals surface area contributed by atoms with Gasteiger partial charge in [-0.15, -0.1) is 0 Å². The van der Waals surface area contributed by atoms with E-state index in [-0.39, 0.29) is 19.0 Å². The van der Waals surface area contributed by atoms with E-state index in [1.807, 2.05) is 41.5 Å². The van der Waals surface area contributed by atoms with Gasteiger partial charge in [-0.2, -0.15) is 0 Å². The molecule has 0 bridgehead atoms. The molecule has 2 amide bonds. The molecule has 0 aliphatic carbocycles. The van der Waals surface area contributed by atoms with Crippen molar-refractivity contribution in [2.24, 2.45) is 0 Å². The van der Waals surface area contributed by atoms with Gasteiger partial charge in [0.1, 0.15) is 0 Å². The zero-order valence-corrected chi connectivity index (χ0v) is 13.4. The molecule has 0 aliphatic rings. The van der Waals surface area contributed by atoms with Crippen molar-refractivity contribution in [2.45, 2.75) is 59.1 Å². The van der Waals surface area contributed by atoms with Crippen molar-refractivity contribution in [1.29, 1.82) is 0 Å². The third-order valence-corrected chi connectivity index (χ3v) is 2.80. The summed E-state index contributed by atoms with van der Waals surface area (Å²) in [6, 6.07) is -0.272. The van der Waals surface area contributed by atoms with Crippen LogP contribution in [0.5, 0.6) is 0 Å². The highest BCUT2D eigenvalue weighted by Crippen LogP contribution is 2.15. The molecule has 0 spiro atoms. The quantitative estimate of drug-likeness (QED) is 0.752. The minimum Gasteiger partial charge on any atom is -0.481 e. The van der Waals surface area contributed by atoms with Crippen molar-refractivity contribution in [3.05, 3.63) is 0 Å². The second-order valence-corrected chi connectivity index (χ2v) is 6.32. The highest BCUT2D eigenvalue weighted by molar-refractivity contribution is 5.76. The second kappa shape index (κ2) is 7.47. The summed E-state index contributed by atoms with van der Waals surface area (Å²) in [5.41, 5.74) is -0.879. The summed E-state index contributed by atoms with van der Waals surface area (Å²) >= 11 is 0. The number of carboxylic acid groups (broad SMARTS) is 1. The zero-order chi connectivity index (χ0) is 16.0. The summed E-state index contributed by atoms with van der Waals surface area (Å²) in [4.78, 5) is 24.4. The lowest BCUT2D eigenvalue weighted by molar-refractivity contribution is -0.137. The Morgan fingerprint density at radius 2 is 1.75 bits per heavy atom. The second-order valence-electron chi connectivity index (χ2n) is 6.32. The summed E-state index contributed by atoms with van der Waals surface area (Å²) in [6.07, 6.45) is -0.0699. The van der Waals surface area contributed by atoms with Crippen molar-refractivity contribution in [3.8, 4) is 0 Å². The van der Waals surface area contributed by atoms with E-state index in [1.165, 1.54) is 4.90 Å². The maximum atomic E-state index is 12.2. The Morgan fingerprint density at radius 1 is 1.20 bits per heavy atom. The predicted octanol–water partition coefficient (Wildman–Crippen LogP) is 2.09. The first-order chi connectivity index (χ1) is 8.99. The molecule has 0 saturated carbocycles. The fourth-order valence-corrected chi connectivity index (χ4v) is 1.77. The third kappa shape index (κ3) is 7.33. The normalized spacial score (nSPS) is 12.1. The van der Waals surface area contributed by atoms with Crippen molar-refractivity contribution >= 4 is 12.0 Å². The Kier molecular flexibility index (Phi) is 6.99. The molecule has 0 aromatic heterocycles. The first kappa shape index (κ1) is 18.7. The number of nitrogens with zero attached hydrogens (tertiary/aromatic N) is 1. The van der Waals surface area contributed by atoms with Crippen LogP contribution in [0.25, 0.3) is 0 Å². The molecule has 6 heteroatoms. The summed E-state index contributed by atoms with van der Waals surface area (Å²) in [5.74, 6) is -0.915. The number of rotatable bonds is 7. The predicted molar refractivity (Wildman–Crippen MR) is 77.8 cm³/mol. The number of carbonyl (C=O) groups excluding carboxylic acids is 1. The average Bonchev–Trinajstić information content (AvgIpc) is 2.24. The van der Waals surface area contributed by atoms with Crippen LogP contribution in [0.1, 0.15) is 48.0 Å². The fraction of sp³-hybridized carbons (Fsp3) is 0.857. The maximum Gasteiger partial charge on any atom is 0.317 e. The van der Waals surface area contributed by atoms with E-state index in [0.717, 1.165) is 0 Å². The summed E-state index contributed by atoms with van der Waals surface area (Å²) in [5, 5.41) is 11.6. The van der Waals surface area contributed by atoms with Crippen LogP contribution < -0.4 is 5.32 Å². The van der Waals surface area contributed by atoms with Gasteiger partial charge in [0.05, 0.1) is 12.0 Å². The van der Waals surface area contributed by atoms with Crippen molar-refractivity contribution in [3.63, 3.8) is 0 Å². The van der Waals surface area contributed by atoms with Crippen molar-refractivity contribution in [2.75, 3.05) is 19.7 Å². The Balaban J connectivity index is 4.60. The van der Waals surface area contributed by atoms with E-state index >= 15 is 0 Å². The van der Waals surface area contributed by atoms with Gasteiger partial charge in [-0.05, 0) is 41.5 Å². The number of hydrogen-bond acceptors (Lipinski definition) is 3. The van der Waals surface area contributed by atoms with Gasteiger partial charge in [-0.3, -0.25) is 4.79 Å². The molecule has 0 aromatic carbocycles. The van der Waals surface area contributed by atoms with E-state index in [0.29, 0.717) is 13.2 Å². The number of aliphatic carboxylic acids is 1. The van der Waals surface area contributed by atoms with Crippen molar-refractivity contribution < 1.29 is 19.4 Å². The molecule has 0 aliphatic heterocycles. The van der Waals surface area contributed by atoms with Crippen LogP contribution in [0.2, 0.25) is 0 Å². The van der Waals surface area contributed by atoms with E-state index < -0.39 is 17.1 Å². The molecule has 0 atom stereocenters. The molecule has 20 heavy (non-hydrogen) atoms. The van der Waals surface area contributed by atoms with Crippen molar-refractivity contribution in [1.82, 2.24) is 10.2 Å². The van der Waals surface area contributed by atoms with Gasteiger partial charge >= 0.3 is 12.0 Å². The number of carbonyl (C=O) groups is 2. The van der Waals surface area contributed by atoms with Gasteiger partial charge in [0, 0.05) is 25.2 Å². The molecule has 0 radical (unpaired) electrons. The van der Waals surface area contributed by atoms with Gasteiger partial charge in [0.15, 0.2) is 0 Å². The molecule has 2 N–H and O–H groups in total. The number of hydrogen-bond donors (Lipinski definition) is 2. The Bertz CT molecular complexity index is 335. The van der Waals surface area contributed by atoms with Gasteiger partial charge in [0.25, 0.3) is 0 Å². The number of carboxylic acids is 1. The molecule has 0 saturated heterocycles. The lowest BCUT2D eigenvalue weighted by Crippen LogP contribution is -2.53. The average molecular weight is 288 g/mol. The highest BCUT2D eigenvalue weighted by Gasteiger charge is 2.28. The van der Waals surface area contributed by atoms with Gasteiger partial charge in [-0.1, -0.05) is 0 Å². The Hall–Kier alpha value is -1.30. The Labute approximate surface area is 121 Å². The lowest BCUT2D eigenvalue weighted by atomic mass is 10.1. The molecule has 6 nitrogen and oxygen atoms in total. The van der Waals surface area contributed by atoms with Crippen LogP contribution in [0.4, 0.5) is 4.79 Å². The van der Waals surface area contributed by atoms with Gasteiger partial charge < -0.3 is 20.1 Å². The van der Waals surface area contributed by atoms with Gasteiger partial charge in [0.2, 0.25) is 0 Å². The summed E-state index contributed by atoms with van der Waals surface area (Å²) < 4.78 is 5.52. The topological polar surface area (TPSA) is 78.9 Å². The van der Waals surface area contributed by atoms with E-state index in [1.54, 1.807) is 0 Å². The molecule has 0 aromatic rings. The molecule has 118 valence electrons. The lowest BCUT2D eigenvalue weighted by Gasteiger charge is -2.36. The number of amides is 2. The van der Waals surface area contributed by atoms with Crippen LogP contribution in [0.15, 0.2) is 0 Å². The van der Waals surface area contributed by atoms with E-state index in [2.05, 4.69) is 5.32 Å². The maximum absolute atomic E-state index is 12.2. The number of ether oxygens (including phenoxy) is 1. The van der Waals surface area contributed by atoms with Crippen LogP contribution in [0.3, 0.4) is 0 Å². The first-order valence-corrected chi connectivity index (χ1v) is 6.91. The minimum absolute atomic E-state index is 0.0699. The highest BCUT2D eigenvalue weighted by atomic mass is 16.5. The summed E-state index contributed by atoms with van der Waals surface area (Å²) in [6.45, 7) is 12.5. The molecule has 0 heterocycles. The Morgan fingerprint density at radius 3 is 2.15 bits per heavy atom. The van der Waals surface area contributed by atoms with Crippen LogP contribution in [-0.2, 0) is 9.53 Å². The standard InChI is InChI=1S/C14H28N2O4/c1-7-20-14(5,6)10-15-12(19)16(13(2,3)4)9-8-11(17)18/h7-10H2,1-6H3,(H,15,19)(H,17,18). The minimum atomic E-state index is -0.915. The zero-order valence-electron chi connectivity index (χ0n) is 13.4. The number of urea groups is 1. The number of nitrogens with one attached hydrogen (secondary N) is 1. The monoisotopic (exact) mass is 288 g/mol. The van der Waals surface area contributed by atoms with E-state index in [4.69, 9.17) is 9.84 Å². The molecule has 0 fully saturated rings.